The van der Waals surface area contributed by atoms with Crippen LogP contribution >= 0.6 is 0 Å². The first-order valence-electron chi connectivity index (χ1n) is 9.12. The number of ether oxygens (including phenoxy) is 1. The van der Waals surface area contributed by atoms with Crippen molar-refractivity contribution in [1.82, 2.24) is 15.5 Å². The van der Waals surface area contributed by atoms with Gasteiger partial charge in [0.15, 0.2) is 6.10 Å². The van der Waals surface area contributed by atoms with Crippen LogP contribution in [0.5, 0.6) is 5.75 Å². The summed E-state index contributed by atoms with van der Waals surface area (Å²) in [5, 5.41) is 10.7. The van der Waals surface area contributed by atoms with E-state index in [0.717, 1.165) is 24.8 Å². The van der Waals surface area contributed by atoms with E-state index in [1.54, 1.807) is 19.1 Å². The number of amides is 1. The summed E-state index contributed by atoms with van der Waals surface area (Å²) in [7, 11) is 0. The van der Waals surface area contributed by atoms with Gasteiger partial charge in [-0.25, -0.2) is 0 Å². The van der Waals surface area contributed by atoms with E-state index in [0.29, 0.717) is 11.6 Å². The lowest BCUT2D eigenvalue weighted by Crippen LogP contribution is -2.39. The summed E-state index contributed by atoms with van der Waals surface area (Å²) in [5.74, 6) is 0.950. The first kappa shape index (κ1) is 17.3. The maximum Gasteiger partial charge on any atom is 0.261 e. The maximum absolute atomic E-state index is 12.6. The number of fused-ring (bicyclic) bond motifs is 1. The molecule has 1 aromatic heterocycles. The van der Waals surface area contributed by atoms with Crippen molar-refractivity contribution in [3.63, 3.8) is 0 Å². The summed E-state index contributed by atoms with van der Waals surface area (Å²) in [6.07, 6.45) is 3.80. The minimum atomic E-state index is -0.589. The highest BCUT2D eigenvalue weighted by atomic mass is 16.5. The van der Waals surface area contributed by atoms with E-state index in [2.05, 4.69) is 27.6 Å². The van der Waals surface area contributed by atoms with E-state index in [1.807, 2.05) is 24.3 Å². The minimum Gasteiger partial charge on any atom is -0.481 e. The molecule has 0 saturated heterocycles. The van der Waals surface area contributed by atoms with Gasteiger partial charge in [-0.05, 0) is 61.6 Å². The SMILES string of the molecule is C[C@H](Oc1ccc(-c2nnco2)cc1)C(=O)N[C@H]1CCCc2ccccc21. The van der Waals surface area contributed by atoms with Gasteiger partial charge in [0, 0.05) is 5.56 Å². The average molecular weight is 363 g/mol. The molecular weight excluding hydrogens is 342 g/mol. The Kier molecular flexibility index (Phi) is 4.87. The minimum absolute atomic E-state index is 0.0494. The summed E-state index contributed by atoms with van der Waals surface area (Å²) in [6.45, 7) is 1.76. The van der Waals surface area contributed by atoms with Crippen LogP contribution < -0.4 is 10.1 Å². The molecule has 1 N–H and O–H groups in total. The molecule has 2 atom stereocenters. The highest BCUT2D eigenvalue weighted by molar-refractivity contribution is 5.81. The fraction of sp³-hybridized carbons (Fsp3) is 0.286. The Morgan fingerprint density at radius 2 is 2.04 bits per heavy atom. The van der Waals surface area contributed by atoms with Crippen LogP contribution in [0.15, 0.2) is 59.3 Å². The maximum atomic E-state index is 12.6. The van der Waals surface area contributed by atoms with Gasteiger partial charge in [0.1, 0.15) is 5.75 Å². The Hall–Kier alpha value is -3.15. The largest absolute Gasteiger partial charge is 0.481 e. The number of aromatic nitrogens is 2. The quantitative estimate of drug-likeness (QED) is 0.748. The molecule has 4 rings (SSSR count). The first-order valence-corrected chi connectivity index (χ1v) is 9.12. The molecule has 6 nitrogen and oxygen atoms in total. The van der Waals surface area contributed by atoms with E-state index in [1.165, 1.54) is 17.5 Å². The number of aryl methyl sites for hydroxylation is 1. The lowest BCUT2D eigenvalue weighted by Gasteiger charge is -2.27. The predicted molar refractivity (Wildman–Crippen MR) is 100 cm³/mol. The molecule has 138 valence electrons. The number of benzene rings is 2. The fourth-order valence-corrected chi connectivity index (χ4v) is 3.43. The molecule has 6 heteroatoms. The third-order valence-corrected chi connectivity index (χ3v) is 4.83. The second-order valence-corrected chi connectivity index (χ2v) is 6.68. The van der Waals surface area contributed by atoms with Crippen molar-refractivity contribution >= 4 is 5.91 Å². The van der Waals surface area contributed by atoms with E-state index < -0.39 is 6.10 Å². The predicted octanol–water partition coefficient (Wildman–Crippen LogP) is 3.70. The van der Waals surface area contributed by atoms with Crippen molar-refractivity contribution in [2.45, 2.75) is 38.3 Å². The summed E-state index contributed by atoms with van der Waals surface area (Å²) >= 11 is 0. The van der Waals surface area contributed by atoms with Gasteiger partial charge in [0.05, 0.1) is 6.04 Å². The van der Waals surface area contributed by atoms with E-state index in [-0.39, 0.29) is 11.9 Å². The molecular formula is C21H21N3O3. The topological polar surface area (TPSA) is 77.2 Å². The third kappa shape index (κ3) is 3.84. The molecule has 0 spiro atoms. The van der Waals surface area contributed by atoms with Crippen LogP contribution in [0.25, 0.3) is 11.5 Å². The molecule has 0 aliphatic heterocycles. The summed E-state index contributed by atoms with van der Waals surface area (Å²) in [5.41, 5.74) is 3.34. The van der Waals surface area contributed by atoms with Gasteiger partial charge in [-0.1, -0.05) is 24.3 Å². The number of hydrogen-bond acceptors (Lipinski definition) is 5. The van der Waals surface area contributed by atoms with Crippen LogP contribution in [0, 0.1) is 0 Å². The van der Waals surface area contributed by atoms with Crippen molar-refractivity contribution in [2.75, 3.05) is 0 Å². The number of nitrogens with one attached hydrogen (secondary N) is 1. The van der Waals surface area contributed by atoms with Gasteiger partial charge >= 0.3 is 0 Å². The highest BCUT2D eigenvalue weighted by Crippen LogP contribution is 2.29. The normalized spacial score (nSPS) is 17.0. The lowest BCUT2D eigenvalue weighted by atomic mass is 9.87. The van der Waals surface area contributed by atoms with E-state index >= 15 is 0 Å². The first-order chi connectivity index (χ1) is 13.2. The van der Waals surface area contributed by atoms with Crippen LogP contribution in [0.1, 0.15) is 36.9 Å². The van der Waals surface area contributed by atoms with Gasteiger partial charge in [-0.2, -0.15) is 0 Å². The van der Waals surface area contributed by atoms with Crippen molar-refractivity contribution < 1.29 is 13.9 Å². The lowest BCUT2D eigenvalue weighted by molar-refractivity contribution is -0.128. The zero-order valence-corrected chi connectivity index (χ0v) is 15.1. The smallest absolute Gasteiger partial charge is 0.261 e. The van der Waals surface area contributed by atoms with Gasteiger partial charge in [-0.15, -0.1) is 10.2 Å². The van der Waals surface area contributed by atoms with Gasteiger partial charge < -0.3 is 14.5 Å². The van der Waals surface area contributed by atoms with Gasteiger partial charge in [0.2, 0.25) is 12.3 Å². The molecule has 1 aliphatic rings. The van der Waals surface area contributed by atoms with Crippen LogP contribution in [-0.2, 0) is 11.2 Å². The van der Waals surface area contributed by atoms with Crippen LogP contribution in [-0.4, -0.2) is 22.2 Å². The molecule has 0 fully saturated rings. The Balaban J connectivity index is 1.39. The summed E-state index contributed by atoms with van der Waals surface area (Å²) in [4.78, 5) is 12.6. The number of hydrogen-bond donors (Lipinski definition) is 1. The molecule has 1 aliphatic carbocycles. The van der Waals surface area contributed by atoms with Crippen molar-refractivity contribution in [2.24, 2.45) is 0 Å². The van der Waals surface area contributed by atoms with Gasteiger partial charge in [0.25, 0.3) is 5.91 Å². The van der Waals surface area contributed by atoms with Crippen molar-refractivity contribution in [3.8, 4) is 17.2 Å². The zero-order chi connectivity index (χ0) is 18.6. The van der Waals surface area contributed by atoms with Crippen molar-refractivity contribution in [3.05, 3.63) is 66.1 Å². The highest BCUT2D eigenvalue weighted by Gasteiger charge is 2.24. The standard InChI is InChI=1S/C21H21N3O3/c1-14(27-17-11-9-16(10-12-17)21-24-22-13-26-21)20(25)23-19-8-4-6-15-5-2-3-7-18(15)19/h2-3,5,7,9-14,19H,4,6,8H2,1H3,(H,23,25)/t14-,19-/m0/s1. The molecule has 0 saturated carbocycles. The number of carbonyl (C=O) groups excluding carboxylic acids is 1. The second-order valence-electron chi connectivity index (χ2n) is 6.68. The second kappa shape index (κ2) is 7.61. The number of carbonyl (C=O) groups is 1. The van der Waals surface area contributed by atoms with Gasteiger partial charge in [-0.3, -0.25) is 4.79 Å². The van der Waals surface area contributed by atoms with E-state index in [9.17, 15) is 4.79 Å². The van der Waals surface area contributed by atoms with Crippen LogP contribution in [0.2, 0.25) is 0 Å². The molecule has 0 bridgehead atoms. The molecule has 0 unspecified atom stereocenters. The molecule has 27 heavy (non-hydrogen) atoms. The molecule has 1 heterocycles. The third-order valence-electron chi connectivity index (χ3n) is 4.83. The summed E-state index contributed by atoms with van der Waals surface area (Å²) in [6, 6.07) is 15.6. The summed E-state index contributed by atoms with van der Waals surface area (Å²) < 4.78 is 11.0. The molecule has 1 amide bonds. The Bertz CT molecular complexity index is 907. The zero-order valence-electron chi connectivity index (χ0n) is 15.1. The van der Waals surface area contributed by atoms with Crippen molar-refractivity contribution in [1.29, 1.82) is 0 Å². The Morgan fingerprint density at radius 3 is 2.81 bits per heavy atom. The molecule has 0 radical (unpaired) electrons. The van der Waals surface area contributed by atoms with Crippen LogP contribution in [0.3, 0.4) is 0 Å². The van der Waals surface area contributed by atoms with Crippen LogP contribution in [0.4, 0.5) is 0 Å². The monoisotopic (exact) mass is 363 g/mol. The Labute approximate surface area is 157 Å². The fourth-order valence-electron chi connectivity index (χ4n) is 3.43. The number of rotatable bonds is 5. The molecule has 2 aromatic carbocycles. The molecule has 3 aromatic rings. The Morgan fingerprint density at radius 1 is 1.22 bits per heavy atom. The number of nitrogens with zero attached hydrogens (tertiary/aromatic N) is 2. The van der Waals surface area contributed by atoms with E-state index in [4.69, 9.17) is 9.15 Å². The average Bonchev–Trinajstić information content (AvgIpc) is 3.23.